The Bertz CT molecular complexity index is 578. The monoisotopic (exact) mass is 330 g/mol. The van der Waals surface area contributed by atoms with Crippen molar-refractivity contribution in [2.24, 2.45) is 5.92 Å². The van der Waals surface area contributed by atoms with E-state index in [4.69, 9.17) is 0 Å². The SMILES string of the molecule is CC(C)n1cc(CN2CCCN(C(=O)C[C@H]3C=CCC3)CC2)cn1. The zero-order valence-electron chi connectivity index (χ0n) is 15.0. The molecule has 1 amide bonds. The van der Waals surface area contributed by atoms with Gasteiger partial charge in [0, 0.05) is 56.9 Å². The van der Waals surface area contributed by atoms with Crippen LogP contribution in [0.5, 0.6) is 0 Å². The molecule has 0 bridgehead atoms. The van der Waals surface area contributed by atoms with Crippen LogP contribution in [0.3, 0.4) is 0 Å². The first kappa shape index (κ1) is 17.2. The van der Waals surface area contributed by atoms with Gasteiger partial charge in [-0.1, -0.05) is 12.2 Å². The molecule has 3 rings (SSSR count). The van der Waals surface area contributed by atoms with E-state index in [1.165, 1.54) is 5.56 Å². The molecule has 1 atom stereocenters. The number of hydrogen-bond acceptors (Lipinski definition) is 3. The van der Waals surface area contributed by atoms with Crippen LogP contribution in [-0.2, 0) is 11.3 Å². The number of rotatable bonds is 5. The molecular weight excluding hydrogens is 300 g/mol. The number of hydrogen-bond donors (Lipinski definition) is 0. The molecule has 5 nitrogen and oxygen atoms in total. The van der Waals surface area contributed by atoms with E-state index < -0.39 is 0 Å². The van der Waals surface area contributed by atoms with E-state index in [1.54, 1.807) is 0 Å². The standard InChI is InChI=1S/C19H30N4O/c1-16(2)23-15-18(13-20-23)14-21-8-5-9-22(11-10-21)19(24)12-17-6-3-4-7-17/h3,6,13,15-17H,4-5,7-12,14H2,1-2H3/t17-/m0/s1. The van der Waals surface area contributed by atoms with E-state index in [-0.39, 0.29) is 0 Å². The van der Waals surface area contributed by atoms with Crippen molar-refractivity contribution < 1.29 is 4.79 Å². The number of allylic oxidation sites excluding steroid dienone is 2. The Morgan fingerprint density at radius 2 is 2.17 bits per heavy atom. The van der Waals surface area contributed by atoms with Crippen LogP contribution < -0.4 is 0 Å². The molecule has 0 N–H and O–H groups in total. The number of amides is 1. The maximum atomic E-state index is 12.5. The smallest absolute Gasteiger partial charge is 0.223 e. The third-order valence-electron chi connectivity index (χ3n) is 5.08. The molecule has 132 valence electrons. The van der Waals surface area contributed by atoms with E-state index in [0.717, 1.165) is 52.0 Å². The fraction of sp³-hybridized carbons (Fsp3) is 0.684. The first-order valence-electron chi connectivity index (χ1n) is 9.31. The highest BCUT2D eigenvalue weighted by Gasteiger charge is 2.22. The minimum absolute atomic E-state index is 0.334. The lowest BCUT2D eigenvalue weighted by Gasteiger charge is -2.22. The van der Waals surface area contributed by atoms with Crippen molar-refractivity contribution >= 4 is 5.91 Å². The molecule has 24 heavy (non-hydrogen) atoms. The van der Waals surface area contributed by atoms with Crippen LogP contribution in [-0.4, -0.2) is 51.7 Å². The lowest BCUT2D eigenvalue weighted by molar-refractivity contribution is -0.131. The van der Waals surface area contributed by atoms with Crippen LogP contribution in [0.1, 0.15) is 51.1 Å². The van der Waals surface area contributed by atoms with E-state index in [9.17, 15) is 4.79 Å². The molecule has 0 spiro atoms. The van der Waals surface area contributed by atoms with Crippen molar-refractivity contribution in [3.63, 3.8) is 0 Å². The van der Waals surface area contributed by atoms with Crippen molar-refractivity contribution in [1.29, 1.82) is 0 Å². The Morgan fingerprint density at radius 3 is 2.88 bits per heavy atom. The van der Waals surface area contributed by atoms with Crippen LogP contribution in [0.25, 0.3) is 0 Å². The van der Waals surface area contributed by atoms with Crippen LogP contribution in [0.2, 0.25) is 0 Å². The normalized spacial score (nSPS) is 22.3. The Morgan fingerprint density at radius 1 is 1.29 bits per heavy atom. The predicted molar refractivity (Wildman–Crippen MR) is 95.6 cm³/mol. The summed E-state index contributed by atoms with van der Waals surface area (Å²) in [4.78, 5) is 17.0. The van der Waals surface area contributed by atoms with Gasteiger partial charge in [-0.05, 0) is 39.0 Å². The second kappa shape index (κ2) is 7.97. The summed E-state index contributed by atoms with van der Waals surface area (Å²) in [7, 11) is 0. The molecule has 1 aromatic rings. The lowest BCUT2D eigenvalue weighted by atomic mass is 10.0. The van der Waals surface area contributed by atoms with Crippen molar-refractivity contribution in [3.05, 3.63) is 30.1 Å². The second-order valence-corrected chi connectivity index (χ2v) is 7.40. The van der Waals surface area contributed by atoms with Gasteiger partial charge in [-0.3, -0.25) is 14.4 Å². The van der Waals surface area contributed by atoms with Gasteiger partial charge in [0.1, 0.15) is 0 Å². The molecule has 1 saturated heterocycles. The minimum Gasteiger partial charge on any atom is -0.341 e. The van der Waals surface area contributed by atoms with Gasteiger partial charge in [-0.2, -0.15) is 5.10 Å². The summed E-state index contributed by atoms with van der Waals surface area (Å²) in [5.41, 5.74) is 1.26. The Labute approximate surface area is 145 Å². The van der Waals surface area contributed by atoms with Gasteiger partial charge in [-0.15, -0.1) is 0 Å². The van der Waals surface area contributed by atoms with Crippen LogP contribution >= 0.6 is 0 Å². The molecule has 1 aliphatic heterocycles. The molecule has 1 aliphatic carbocycles. The predicted octanol–water partition coefficient (Wildman–Crippen LogP) is 2.85. The largest absolute Gasteiger partial charge is 0.341 e. The van der Waals surface area contributed by atoms with E-state index in [0.29, 0.717) is 24.3 Å². The second-order valence-electron chi connectivity index (χ2n) is 7.40. The highest BCUT2D eigenvalue weighted by Crippen LogP contribution is 2.21. The first-order chi connectivity index (χ1) is 11.6. The highest BCUT2D eigenvalue weighted by molar-refractivity contribution is 5.76. The summed E-state index contributed by atoms with van der Waals surface area (Å²) < 4.78 is 2.01. The van der Waals surface area contributed by atoms with Crippen molar-refractivity contribution in [2.45, 2.75) is 52.1 Å². The van der Waals surface area contributed by atoms with Crippen molar-refractivity contribution in [3.8, 4) is 0 Å². The van der Waals surface area contributed by atoms with Crippen molar-refractivity contribution in [1.82, 2.24) is 19.6 Å². The molecule has 0 radical (unpaired) electrons. The number of carbonyl (C=O) groups excluding carboxylic acids is 1. The molecule has 2 heterocycles. The van der Waals surface area contributed by atoms with E-state index >= 15 is 0 Å². The van der Waals surface area contributed by atoms with Gasteiger partial charge < -0.3 is 4.90 Å². The topological polar surface area (TPSA) is 41.4 Å². The zero-order chi connectivity index (χ0) is 16.9. The number of carbonyl (C=O) groups is 1. The molecule has 1 fully saturated rings. The average molecular weight is 330 g/mol. The van der Waals surface area contributed by atoms with E-state index in [1.807, 2.05) is 10.9 Å². The Hall–Kier alpha value is -1.62. The average Bonchev–Trinajstić information content (AvgIpc) is 3.16. The number of nitrogens with zero attached hydrogens (tertiary/aromatic N) is 4. The van der Waals surface area contributed by atoms with Gasteiger partial charge in [0.25, 0.3) is 0 Å². The minimum atomic E-state index is 0.334. The molecule has 0 unspecified atom stereocenters. The summed E-state index contributed by atoms with van der Waals surface area (Å²) >= 11 is 0. The van der Waals surface area contributed by atoms with Gasteiger partial charge in [0.05, 0.1) is 6.20 Å². The molecule has 2 aliphatic rings. The van der Waals surface area contributed by atoms with Gasteiger partial charge >= 0.3 is 0 Å². The maximum Gasteiger partial charge on any atom is 0.223 e. The lowest BCUT2D eigenvalue weighted by Crippen LogP contribution is -2.35. The van der Waals surface area contributed by atoms with Crippen LogP contribution in [0.15, 0.2) is 24.5 Å². The fourth-order valence-corrected chi connectivity index (χ4v) is 3.60. The number of aromatic nitrogens is 2. The molecular formula is C19H30N4O. The quantitative estimate of drug-likeness (QED) is 0.780. The Balaban J connectivity index is 1.48. The molecule has 0 aromatic carbocycles. The zero-order valence-corrected chi connectivity index (χ0v) is 15.0. The van der Waals surface area contributed by atoms with Gasteiger partial charge in [-0.25, -0.2) is 0 Å². The summed E-state index contributed by atoms with van der Waals surface area (Å²) in [6, 6.07) is 0.403. The summed E-state index contributed by atoms with van der Waals surface area (Å²) in [6.45, 7) is 8.99. The third-order valence-corrected chi connectivity index (χ3v) is 5.08. The summed E-state index contributed by atoms with van der Waals surface area (Å²) in [5, 5.41) is 4.42. The van der Waals surface area contributed by atoms with Crippen LogP contribution in [0, 0.1) is 5.92 Å². The van der Waals surface area contributed by atoms with Gasteiger partial charge in [0.2, 0.25) is 5.91 Å². The molecule has 5 heteroatoms. The van der Waals surface area contributed by atoms with Crippen LogP contribution in [0.4, 0.5) is 0 Å². The first-order valence-corrected chi connectivity index (χ1v) is 9.31. The van der Waals surface area contributed by atoms with Crippen molar-refractivity contribution in [2.75, 3.05) is 26.2 Å². The fourth-order valence-electron chi connectivity index (χ4n) is 3.60. The summed E-state index contributed by atoms with van der Waals surface area (Å²) in [6.07, 6.45) is 12.6. The molecule has 0 saturated carbocycles. The Kier molecular flexibility index (Phi) is 5.72. The summed E-state index contributed by atoms with van der Waals surface area (Å²) in [5.74, 6) is 0.805. The van der Waals surface area contributed by atoms with Gasteiger partial charge in [0.15, 0.2) is 0 Å². The molecule has 1 aromatic heterocycles. The maximum absolute atomic E-state index is 12.5. The van der Waals surface area contributed by atoms with E-state index in [2.05, 4.69) is 47.1 Å². The third kappa shape index (κ3) is 4.47. The highest BCUT2D eigenvalue weighted by atomic mass is 16.2.